The summed E-state index contributed by atoms with van der Waals surface area (Å²) in [6.45, 7) is 4.97. The highest BCUT2D eigenvalue weighted by Gasteiger charge is 2.40. The monoisotopic (exact) mass is 426 g/mol. The Kier molecular flexibility index (Phi) is 8.99. The summed E-state index contributed by atoms with van der Waals surface area (Å²) in [6, 6.07) is 7.04. The van der Waals surface area contributed by atoms with Gasteiger partial charge in [-0.3, -0.25) is 25.4 Å². The molecule has 2 atom stereocenters. The number of hydrogen-bond acceptors (Lipinski definition) is 8. The third kappa shape index (κ3) is 7.71. The predicted molar refractivity (Wildman–Crippen MR) is 114 cm³/mol. The highest BCUT2D eigenvalue weighted by molar-refractivity contribution is 8.00. The normalized spacial score (nSPS) is 18.8. The van der Waals surface area contributed by atoms with Crippen LogP contribution in [-0.2, 0) is 20.9 Å². The smallest absolute Gasteiger partial charge is 0.240 e. The second-order valence-electron chi connectivity index (χ2n) is 7.14. The number of thioether (sulfide) groups is 1. The topological polar surface area (TPSA) is 156 Å². The molecule has 162 valence electrons. The van der Waals surface area contributed by atoms with Crippen LogP contribution in [0.15, 0.2) is 29.3 Å². The number of nitrogens with two attached hydrogens (primary N) is 2. The Labute approximate surface area is 174 Å². The van der Waals surface area contributed by atoms with Crippen LogP contribution in [0.4, 0.5) is 5.69 Å². The number of rotatable bonds is 11. The number of nitrogens with zero attached hydrogens (tertiary/aromatic N) is 1. The van der Waals surface area contributed by atoms with E-state index in [9.17, 15) is 10.1 Å². The van der Waals surface area contributed by atoms with Crippen molar-refractivity contribution in [3.05, 3.63) is 29.8 Å². The molecule has 1 aromatic rings. The first kappa shape index (κ1) is 23.2. The zero-order valence-corrected chi connectivity index (χ0v) is 17.5. The van der Waals surface area contributed by atoms with E-state index in [0.29, 0.717) is 31.9 Å². The van der Waals surface area contributed by atoms with Gasteiger partial charge in [0.25, 0.3) is 0 Å². The summed E-state index contributed by atoms with van der Waals surface area (Å²) < 4.78 is -0.222. The van der Waals surface area contributed by atoms with Crippen molar-refractivity contribution >= 4 is 29.3 Å². The molecule has 1 amide bonds. The van der Waals surface area contributed by atoms with Crippen LogP contribution in [0.2, 0.25) is 0 Å². The predicted octanol–water partition coefficient (Wildman–Crippen LogP) is 0.609. The molecule has 0 saturated carbocycles. The van der Waals surface area contributed by atoms with Crippen LogP contribution < -0.4 is 27.6 Å². The molecule has 0 aliphatic carbocycles. The quantitative estimate of drug-likeness (QED) is 0.0745. The lowest BCUT2D eigenvalue weighted by Gasteiger charge is -2.26. The third-order valence-electron chi connectivity index (χ3n) is 4.38. The highest BCUT2D eigenvalue weighted by Crippen LogP contribution is 2.33. The van der Waals surface area contributed by atoms with Gasteiger partial charge >= 0.3 is 0 Å². The van der Waals surface area contributed by atoms with E-state index in [1.165, 1.54) is 0 Å². The minimum atomic E-state index is -0.837. The molecule has 2 rings (SSSR count). The third-order valence-corrected chi connectivity index (χ3v) is 5.67. The van der Waals surface area contributed by atoms with Crippen LogP contribution in [0.3, 0.4) is 0 Å². The van der Waals surface area contributed by atoms with Gasteiger partial charge in [-0.1, -0.05) is 12.1 Å². The van der Waals surface area contributed by atoms with E-state index in [-0.39, 0.29) is 22.7 Å². The Hall–Kier alpha value is -2.05. The van der Waals surface area contributed by atoms with Gasteiger partial charge in [0, 0.05) is 23.6 Å². The van der Waals surface area contributed by atoms with Gasteiger partial charge in [0.15, 0.2) is 12.2 Å². The molecule has 11 heteroatoms. The van der Waals surface area contributed by atoms with Gasteiger partial charge in [-0.15, -0.1) is 11.8 Å². The molecule has 1 aliphatic rings. The Morgan fingerprint density at radius 1 is 1.41 bits per heavy atom. The first-order chi connectivity index (χ1) is 13.8. The average molecular weight is 427 g/mol. The lowest BCUT2D eigenvalue weighted by Crippen LogP contribution is -2.53. The van der Waals surface area contributed by atoms with Crippen LogP contribution in [-0.4, -0.2) is 53.2 Å². The minimum absolute atomic E-state index is 0.0667. The van der Waals surface area contributed by atoms with Gasteiger partial charge in [-0.2, -0.15) is 0 Å². The van der Waals surface area contributed by atoms with E-state index in [1.54, 1.807) is 11.8 Å². The summed E-state index contributed by atoms with van der Waals surface area (Å²) >= 11 is 1.68. The highest BCUT2D eigenvalue weighted by atomic mass is 32.2. The molecule has 0 bridgehead atoms. The SMILES string of the molecule is CC1(C)SCNC1C(=O)NC(Cc1ccc(NOCCCN=C(N)N)cc1)OO. The molecular weight excluding hydrogens is 396 g/mol. The molecule has 2 unspecified atom stereocenters. The largest absolute Gasteiger partial charge is 0.370 e. The van der Waals surface area contributed by atoms with Crippen molar-refractivity contribution in [3.63, 3.8) is 0 Å². The zero-order chi connectivity index (χ0) is 21.3. The zero-order valence-electron chi connectivity index (χ0n) is 16.7. The maximum atomic E-state index is 12.5. The standard InChI is InChI=1S/C18H30N6O4S/c1-18(2)15(22-11-29-18)16(25)23-14(28-26)10-12-4-6-13(7-5-12)24-27-9-3-8-21-17(19)20/h4-7,14-15,22,24,26H,3,8-11H2,1-2H3,(H,23,25)(H4,19,20,21). The first-order valence-corrected chi connectivity index (χ1v) is 10.3. The number of aliphatic imine (C=N–C) groups is 1. The number of guanidine groups is 1. The summed E-state index contributed by atoms with van der Waals surface area (Å²) in [4.78, 5) is 26.2. The van der Waals surface area contributed by atoms with Crippen molar-refractivity contribution in [2.75, 3.05) is 24.5 Å². The van der Waals surface area contributed by atoms with E-state index < -0.39 is 6.23 Å². The van der Waals surface area contributed by atoms with E-state index in [1.807, 2.05) is 38.1 Å². The second kappa shape index (κ2) is 11.2. The number of carbonyl (C=O) groups excluding carboxylic acids is 1. The van der Waals surface area contributed by atoms with Crippen molar-refractivity contribution in [1.82, 2.24) is 10.6 Å². The summed E-state index contributed by atoms with van der Waals surface area (Å²) in [5.74, 6) is 0.573. The van der Waals surface area contributed by atoms with Crippen LogP contribution in [0.25, 0.3) is 0 Å². The Bertz CT molecular complexity index is 681. The van der Waals surface area contributed by atoms with Gasteiger partial charge in [0.2, 0.25) is 5.91 Å². The molecule has 0 spiro atoms. The van der Waals surface area contributed by atoms with Crippen LogP contribution in [0.1, 0.15) is 25.8 Å². The molecule has 0 radical (unpaired) electrons. The lowest BCUT2D eigenvalue weighted by atomic mass is 10.0. The van der Waals surface area contributed by atoms with Crippen molar-refractivity contribution in [1.29, 1.82) is 0 Å². The molecule has 1 saturated heterocycles. The van der Waals surface area contributed by atoms with Gasteiger partial charge in [-0.25, -0.2) is 10.1 Å². The first-order valence-electron chi connectivity index (χ1n) is 9.32. The molecule has 1 heterocycles. The van der Waals surface area contributed by atoms with E-state index >= 15 is 0 Å². The molecule has 1 fully saturated rings. The van der Waals surface area contributed by atoms with Crippen molar-refractivity contribution in [3.8, 4) is 0 Å². The lowest BCUT2D eigenvalue weighted by molar-refractivity contribution is -0.284. The number of anilines is 1. The molecule has 8 N–H and O–H groups in total. The second-order valence-corrected chi connectivity index (χ2v) is 8.77. The number of benzene rings is 1. The summed E-state index contributed by atoms with van der Waals surface area (Å²) in [6.07, 6.45) is 0.169. The Balaban J connectivity index is 1.77. The number of hydrogen-bond donors (Lipinski definition) is 6. The fourth-order valence-corrected chi connectivity index (χ4v) is 3.79. The Morgan fingerprint density at radius 2 is 2.14 bits per heavy atom. The van der Waals surface area contributed by atoms with Crippen molar-refractivity contribution < 1.29 is 19.8 Å². The summed E-state index contributed by atoms with van der Waals surface area (Å²) in [5.41, 5.74) is 15.0. The number of nitrogens with one attached hydrogen (secondary N) is 3. The van der Waals surface area contributed by atoms with E-state index in [2.05, 4.69) is 26.0 Å². The molecule has 10 nitrogen and oxygen atoms in total. The number of amides is 1. The van der Waals surface area contributed by atoms with Crippen LogP contribution >= 0.6 is 11.8 Å². The summed E-state index contributed by atoms with van der Waals surface area (Å²) in [7, 11) is 0. The summed E-state index contributed by atoms with van der Waals surface area (Å²) in [5, 5.41) is 15.1. The molecular formula is C18H30N6O4S. The van der Waals surface area contributed by atoms with Crippen LogP contribution in [0.5, 0.6) is 0 Å². The molecule has 1 aromatic carbocycles. The minimum Gasteiger partial charge on any atom is -0.370 e. The Morgan fingerprint density at radius 3 is 2.72 bits per heavy atom. The van der Waals surface area contributed by atoms with E-state index in [0.717, 1.165) is 11.3 Å². The van der Waals surface area contributed by atoms with Gasteiger partial charge in [0.05, 0.1) is 12.3 Å². The average Bonchev–Trinajstić information content (AvgIpc) is 3.04. The fourth-order valence-electron chi connectivity index (χ4n) is 2.81. The maximum absolute atomic E-state index is 12.5. The molecule has 0 aromatic heterocycles. The molecule has 1 aliphatic heterocycles. The van der Waals surface area contributed by atoms with Crippen molar-refractivity contribution in [2.24, 2.45) is 16.5 Å². The number of carbonyl (C=O) groups is 1. The van der Waals surface area contributed by atoms with Crippen LogP contribution in [0, 0.1) is 0 Å². The van der Waals surface area contributed by atoms with E-state index in [4.69, 9.17) is 16.3 Å². The van der Waals surface area contributed by atoms with Gasteiger partial charge < -0.3 is 16.8 Å². The van der Waals surface area contributed by atoms with Gasteiger partial charge in [0.1, 0.15) is 6.04 Å². The van der Waals surface area contributed by atoms with Gasteiger partial charge in [-0.05, 0) is 38.0 Å². The molecule has 29 heavy (non-hydrogen) atoms. The van der Waals surface area contributed by atoms with Crippen molar-refractivity contribution in [2.45, 2.75) is 43.7 Å². The fraction of sp³-hybridized carbons (Fsp3) is 0.556. The maximum Gasteiger partial charge on any atom is 0.240 e.